The Bertz CT molecular complexity index is 770. The van der Waals surface area contributed by atoms with E-state index in [4.69, 9.17) is 11.6 Å². The molecule has 1 unspecified atom stereocenters. The number of hydrogen-bond acceptors (Lipinski definition) is 3. The van der Waals surface area contributed by atoms with Crippen molar-refractivity contribution in [3.63, 3.8) is 0 Å². The van der Waals surface area contributed by atoms with Gasteiger partial charge in [-0.15, -0.1) is 0 Å². The summed E-state index contributed by atoms with van der Waals surface area (Å²) in [4.78, 5) is 24.5. The average molecular weight is 316 g/mol. The molecule has 112 valence electrons. The minimum absolute atomic E-state index is 0.300. The number of carbonyl (C=O) groups excluding carboxylic acids is 2. The van der Waals surface area contributed by atoms with Crippen LogP contribution >= 0.6 is 11.6 Å². The minimum Gasteiger partial charge on any atom is -0.375 e. The highest BCUT2D eigenvalue weighted by molar-refractivity contribution is 6.31. The van der Waals surface area contributed by atoms with Gasteiger partial charge in [-0.2, -0.15) is 0 Å². The maximum atomic E-state index is 12.4. The number of Topliss-reactive ketones (excluding diaryl/α,β-unsaturated/α-hetero) is 1. The summed E-state index contributed by atoms with van der Waals surface area (Å²) in [5.41, 5.74) is 0.426. The molecule has 0 spiro atoms. The van der Waals surface area contributed by atoms with Gasteiger partial charge in [0.25, 0.3) is 5.91 Å². The zero-order valence-corrected chi connectivity index (χ0v) is 12.6. The fourth-order valence-corrected chi connectivity index (χ4v) is 2.74. The van der Waals surface area contributed by atoms with Crippen LogP contribution in [0.25, 0.3) is 0 Å². The van der Waals surface area contributed by atoms with Gasteiger partial charge in [0.1, 0.15) is 0 Å². The molecular weight excluding hydrogens is 302 g/mol. The molecule has 0 aromatic heterocycles. The van der Waals surface area contributed by atoms with Crippen LogP contribution in [-0.2, 0) is 10.4 Å². The van der Waals surface area contributed by atoms with Crippen molar-refractivity contribution in [1.82, 2.24) is 0 Å². The summed E-state index contributed by atoms with van der Waals surface area (Å²) in [6.07, 6.45) is -0.324. The number of rotatable bonds is 3. The lowest BCUT2D eigenvalue weighted by molar-refractivity contribution is -0.133. The summed E-state index contributed by atoms with van der Waals surface area (Å²) in [7, 11) is 0. The molecule has 0 aliphatic carbocycles. The molecule has 0 bridgehead atoms. The Hall–Kier alpha value is -2.17. The molecule has 1 aliphatic rings. The second kappa shape index (κ2) is 5.23. The zero-order valence-electron chi connectivity index (χ0n) is 11.9. The van der Waals surface area contributed by atoms with Crippen LogP contribution in [0.3, 0.4) is 0 Å². The van der Waals surface area contributed by atoms with Gasteiger partial charge in [0, 0.05) is 21.8 Å². The molecule has 1 aliphatic heterocycles. The van der Waals surface area contributed by atoms with Crippen molar-refractivity contribution >= 4 is 29.0 Å². The first kappa shape index (κ1) is 14.8. The number of aliphatic hydroxyl groups is 1. The number of benzene rings is 2. The number of nitrogens with one attached hydrogen (secondary N) is 1. The van der Waals surface area contributed by atoms with Gasteiger partial charge in [0.15, 0.2) is 11.4 Å². The lowest BCUT2D eigenvalue weighted by atomic mass is 9.88. The van der Waals surface area contributed by atoms with Crippen LogP contribution in [0.2, 0.25) is 5.02 Å². The van der Waals surface area contributed by atoms with E-state index in [2.05, 4.69) is 5.32 Å². The van der Waals surface area contributed by atoms with Crippen molar-refractivity contribution in [2.24, 2.45) is 0 Å². The van der Waals surface area contributed by atoms with Crippen molar-refractivity contribution in [2.75, 3.05) is 5.32 Å². The van der Waals surface area contributed by atoms with Crippen molar-refractivity contribution in [1.29, 1.82) is 0 Å². The number of aryl methyl sites for hydroxylation is 1. The normalized spacial score (nSPS) is 19.7. The quantitative estimate of drug-likeness (QED) is 0.855. The Morgan fingerprint density at radius 1 is 1.23 bits per heavy atom. The van der Waals surface area contributed by atoms with E-state index in [-0.39, 0.29) is 12.2 Å². The lowest BCUT2D eigenvalue weighted by Gasteiger charge is -2.20. The van der Waals surface area contributed by atoms with E-state index in [0.29, 0.717) is 21.8 Å². The van der Waals surface area contributed by atoms with E-state index in [0.717, 1.165) is 5.56 Å². The number of carbonyl (C=O) groups is 2. The van der Waals surface area contributed by atoms with E-state index in [1.807, 2.05) is 19.1 Å². The molecule has 1 heterocycles. The molecule has 0 fully saturated rings. The summed E-state index contributed by atoms with van der Waals surface area (Å²) >= 11 is 5.93. The van der Waals surface area contributed by atoms with E-state index in [1.165, 1.54) is 6.07 Å². The minimum atomic E-state index is -1.89. The largest absolute Gasteiger partial charge is 0.375 e. The van der Waals surface area contributed by atoms with Crippen LogP contribution in [-0.4, -0.2) is 16.8 Å². The molecule has 1 amide bonds. The molecule has 3 rings (SSSR count). The first-order chi connectivity index (χ1) is 10.4. The first-order valence-electron chi connectivity index (χ1n) is 6.84. The number of halogens is 1. The van der Waals surface area contributed by atoms with Crippen molar-refractivity contribution in [3.05, 3.63) is 64.2 Å². The number of ketones is 1. The SMILES string of the molecule is Cc1ccc(C(=O)CC2(O)C(=O)Nc3ccc(Cl)cc32)cc1. The van der Waals surface area contributed by atoms with Crippen molar-refractivity contribution in [3.8, 4) is 0 Å². The molecule has 0 saturated heterocycles. The summed E-state index contributed by atoms with van der Waals surface area (Å²) in [5, 5.41) is 13.7. The highest BCUT2D eigenvalue weighted by Crippen LogP contribution is 2.40. The van der Waals surface area contributed by atoms with Gasteiger partial charge in [-0.05, 0) is 25.1 Å². The number of anilines is 1. The van der Waals surface area contributed by atoms with Gasteiger partial charge in [-0.3, -0.25) is 9.59 Å². The second-order valence-corrected chi connectivity index (χ2v) is 5.91. The highest BCUT2D eigenvalue weighted by atomic mass is 35.5. The van der Waals surface area contributed by atoms with Gasteiger partial charge >= 0.3 is 0 Å². The molecule has 4 nitrogen and oxygen atoms in total. The third kappa shape index (κ3) is 2.40. The average Bonchev–Trinajstić information content (AvgIpc) is 2.71. The molecular formula is C17H14ClNO3. The van der Waals surface area contributed by atoms with Crippen molar-refractivity contribution in [2.45, 2.75) is 18.9 Å². The zero-order chi connectivity index (χ0) is 15.9. The Kier molecular flexibility index (Phi) is 3.51. The summed E-state index contributed by atoms with van der Waals surface area (Å²) in [6, 6.07) is 11.8. The van der Waals surface area contributed by atoms with E-state index in [1.54, 1.807) is 24.3 Å². The van der Waals surface area contributed by atoms with Crippen LogP contribution in [0, 0.1) is 6.92 Å². The van der Waals surface area contributed by atoms with Crippen LogP contribution < -0.4 is 5.32 Å². The molecule has 0 saturated carbocycles. The third-order valence-electron chi connectivity index (χ3n) is 3.84. The fourth-order valence-electron chi connectivity index (χ4n) is 2.57. The van der Waals surface area contributed by atoms with Crippen LogP contribution in [0.1, 0.15) is 27.9 Å². The molecule has 1 atom stereocenters. The molecule has 2 aromatic rings. The van der Waals surface area contributed by atoms with Gasteiger partial charge < -0.3 is 10.4 Å². The smallest absolute Gasteiger partial charge is 0.261 e. The maximum absolute atomic E-state index is 12.4. The monoisotopic (exact) mass is 315 g/mol. The summed E-state index contributed by atoms with van der Waals surface area (Å²) in [6.45, 7) is 1.92. The maximum Gasteiger partial charge on any atom is 0.261 e. The summed E-state index contributed by atoms with van der Waals surface area (Å²) < 4.78 is 0. The van der Waals surface area contributed by atoms with E-state index < -0.39 is 11.5 Å². The molecule has 2 N–H and O–H groups in total. The van der Waals surface area contributed by atoms with Gasteiger partial charge in [0.05, 0.1) is 6.42 Å². The highest BCUT2D eigenvalue weighted by Gasteiger charge is 2.46. The lowest BCUT2D eigenvalue weighted by Crippen LogP contribution is -2.36. The van der Waals surface area contributed by atoms with E-state index in [9.17, 15) is 14.7 Å². The van der Waals surface area contributed by atoms with Crippen LogP contribution in [0.4, 0.5) is 5.69 Å². The van der Waals surface area contributed by atoms with Gasteiger partial charge in [-0.25, -0.2) is 0 Å². The summed E-state index contributed by atoms with van der Waals surface area (Å²) in [5.74, 6) is -0.907. The Morgan fingerprint density at radius 3 is 2.59 bits per heavy atom. The first-order valence-corrected chi connectivity index (χ1v) is 7.22. The third-order valence-corrected chi connectivity index (χ3v) is 4.08. The predicted octanol–water partition coefficient (Wildman–Crippen LogP) is 3.06. The van der Waals surface area contributed by atoms with Crippen LogP contribution in [0.15, 0.2) is 42.5 Å². The standard InChI is InChI=1S/C17H14ClNO3/c1-10-2-4-11(5-3-10)15(20)9-17(22)13-8-12(18)6-7-14(13)19-16(17)21/h2-8,22H,9H2,1H3,(H,19,21). The van der Waals surface area contributed by atoms with Crippen LogP contribution in [0.5, 0.6) is 0 Å². The fraction of sp³-hybridized carbons (Fsp3) is 0.176. The van der Waals surface area contributed by atoms with Gasteiger partial charge in [-0.1, -0.05) is 41.4 Å². The predicted molar refractivity (Wildman–Crippen MR) is 84.1 cm³/mol. The van der Waals surface area contributed by atoms with Crippen molar-refractivity contribution < 1.29 is 14.7 Å². The molecule has 5 heteroatoms. The van der Waals surface area contributed by atoms with Gasteiger partial charge in [0.2, 0.25) is 0 Å². The topological polar surface area (TPSA) is 66.4 Å². The Morgan fingerprint density at radius 2 is 1.91 bits per heavy atom. The molecule has 0 radical (unpaired) electrons. The Labute approximate surface area is 132 Å². The Balaban J connectivity index is 1.94. The molecule has 22 heavy (non-hydrogen) atoms. The second-order valence-electron chi connectivity index (χ2n) is 5.47. The number of amides is 1. The number of fused-ring (bicyclic) bond motifs is 1. The number of hydrogen-bond donors (Lipinski definition) is 2. The van der Waals surface area contributed by atoms with E-state index >= 15 is 0 Å². The molecule has 2 aromatic carbocycles.